The molecule has 0 heterocycles. The summed E-state index contributed by atoms with van der Waals surface area (Å²) in [4.78, 5) is 1.68. The summed E-state index contributed by atoms with van der Waals surface area (Å²) in [6.45, 7) is 2.79. The maximum Gasteiger partial charge on any atom is 0.176 e. The van der Waals surface area contributed by atoms with E-state index in [2.05, 4.69) is 0 Å². The molecule has 3 N–H and O–H groups in total. The number of benzene rings is 1. The van der Waals surface area contributed by atoms with Crippen LogP contribution in [0.2, 0.25) is 0 Å². The van der Waals surface area contributed by atoms with Gasteiger partial charge in [0, 0.05) is 13.1 Å². The van der Waals surface area contributed by atoms with E-state index < -0.39 is 6.23 Å². The summed E-state index contributed by atoms with van der Waals surface area (Å²) in [6, 6.07) is 7.08. The Bertz CT molecular complexity index is 351. The Morgan fingerprint density at radius 1 is 1.00 bits per heavy atom. The molecule has 6 nitrogen and oxygen atoms in total. The highest BCUT2D eigenvalue weighted by Crippen LogP contribution is 2.19. The van der Waals surface area contributed by atoms with Crippen molar-refractivity contribution in [3.63, 3.8) is 0 Å². The van der Waals surface area contributed by atoms with Crippen molar-refractivity contribution in [3.8, 4) is 11.5 Å². The monoisotopic (exact) mass is 285 g/mol. The van der Waals surface area contributed by atoms with Gasteiger partial charge in [-0.2, -0.15) is 0 Å². The topological polar surface area (TPSA) is 82.4 Å². The lowest BCUT2D eigenvalue weighted by Gasteiger charge is -2.29. The summed E-state index contributed by atoms with van der Waals surface area (Å²) in [5.41, 5.74) is 0. The Hall–Kier alpha value is -1.34. The van der Waals surface area contributed by atoms with Gasteiger partial charge in [0.2, 0.25) is 0 Å². The second kappa shape index (κ2) is 9.55. The molecule has 6 heteroatoms. The van der Waals surface area contributed by atoms with Gasteiger partial charge in [0.25, 0.3) is 0 Å². The van der Waals surface area contributed by atoms with Gasteiger partial charge in [-0.1, -0.05) is 0 Å². The van der Waals surface area contributed by atoms with Gasteiger partial charge in [0.05, 0.1) is 26.4 Å². The number of aliphatic hydroxyl groups is 3. The standard InChI is InChI=1S/C14H23NO5/c1-2-19-12-3-5-13(6-4-12)20-14(11-18)15(7-9-16)8-10-17/h3-6,14,16-18H,2,7-11H2,1H3. The molecule has 0 saturated carbocycles. The fourth-order valence-corrected chi connectivity index (χ4v) is 1.82. The van der Waals surface area contributed by atoms with E-state index in [4.69, 9.17) is 19.7 Å². The maximum atomic E-state index is 9.40. The highest BCUT2D eigenvalue weighted by atomic mass is 16.5. The van der Waals surface area contributed by atoms with Gasteiger partial charge < -0.3 is 24.8 Å². The van der Waals surface area contributed by atoms with E-state index in [1.807, 2.05) is 6.92 Å². The molecule has 0 fully saturated rings. The summed E-state index contributed by atoms with van der Waals surface area (Å²) in [5.74, 6) is 1.34. The average molecular weight is 285 g/mol. The van der Waals surface area contributed by atoms with Crippen LogP contribution in [0.15, 0.2) is 24.3 Å². The molecule has 0 aliphatic heterocycles. The third-order valence-electron chi connectivity index (χ3n) is 2.74. The Labute approximate surface area is 119 Å². The zero-order valence-electron chi connectivity index (χ0n) is 11.7. The van der Waals surface area contributed by atoms with E-state index in [1.54, 1.807) is 29.2 Å². The van der Waals surface area contributed by atoms with E-state index in [0.29, 0.717) is 25.4 Å². The molecule has 1 unspecified atom stereocenters. The minimum absolute atomic E-state index is 0.0663. The molecule has 1 rings (SSSR count). The summed E-state index contributed by atoms with van der Waals surface area (Å²) in [7, 11) is 0. The van der Waals surface area contributed by atoms with Crippen LogP contribution in [0.3, 0.4) is 0 Å². The molecule has 0 spiro atoms. The van der Waals surface area contributed by atoms with Crippen LogP contribution < -0.4 is 9.47 Å². The fourth-order valence-electron chi connectivity index (χ4n) is 1.82. The van der Waals surface area contributed by atoms with E-state index >= 15 is 0 Å². The molecule has 0 saturated heterocycles. The maximum absolute atomic E-state index is 9.40. The molecule has 0 amide bonds. The van der Waals surface area contributed by atoms with Crippen molar-refractivity contribution in [1.82, 2.24) is 4.90 Å². The number of hydrogen-bond acceptors (Lipinski definition) is 6. The third-order valence-corrected chi connectivity index (χ3v) is 2.74. The first-order chi connectivity index (χ1) is 9.74. The van der Waals surface area contributed by atoms with Crippen LogP contribution in [-0.4, -0.2) is 66.0 Å². The van der Waals surface area contributed by atoms with Crippen molar-refractivity contribution in [2.75, 3.05) is 39.5 Å². The first-order valence-electron chi connectivity index (χ1n) is 6.71. The zero-order valence-corrected chi connectivity index (χ0v) is 11.7. The van der Waals surface area contributed by atoms with Crippen LogP contribution in [-0.2, 0) is 0 Å². The Morgan fingerprint density at radius 3 is 2.00 bits per heavy atom. The number of hydrogen-bond donors (Lipinski definition) is 3. The normalized spacial score (nSPS) is 12.4. The molecule has 1 atom stereocenters. The number of rotatable bonds is 10. The molecular weight excluding hydrogens is 262 g/mol. The second-order valence-corrected chi connectivity index (χ2v) is 4.14. The highest BCUT2D eigenvalue weighted by molar-refractivity contribution is 5.31. The van der Waals surface area contributed by atoms with Gasteiger partial charge in [-0.15, -0.1) is 0 Å². The van der Waals surface area contributed by atoms with E-state index in [1.165, 1.54) is 0 Å². The molecule has 0 aromatic heterocycles. The van der Waals surface area contributed by atoms with E-state index in [-0.39, 0.29) is 19.8 Å². The van der Waals surface area contributed by atoms with Crippen LogP contribution in [0, 0.1) is 0 Å². The van der Waals surface area contributed by atoms with Crippen LogP contribution in [0.1, 0.15) is 6.92 Å². The minimum atomic E-state index is -0.604. The predicted molar refractivity (Wildman–Crippen MR) is 74.9 cm³/mol. The average Bonchev–Trinajstić information content (AvgIpc) is 2.47. The SMILES string of the molecule is CCOc1ccc(OC(CO)N(CCO)CCO)cc1. The Kier molecular flexibility index (Phi) is 7.98. The smallest absolute Gasteiger partial charge is 0.176 e. The number of nitrogens with zero attached hydrogens (tertiary/aromatic N) is 1. The van der Waals surface area contributed by atoms with Crippen LogP contribution in [0.5, 0.6) is 11.5 Å². The second-order valence-electron chi connectivity index (χ2n) is 4.14. The highest BCUT2D eigenvalue weighted by Gasteiger charge is 2.18. The van der Waals surface area contributed by atoms with Crippen molar-refractivity contribution in [3.05, 3.63) is 24.3 Å². The number of aliphatic hydroxyl groups excluding tert-OH is 3. The molecule has 1 aromatic carbocycles. The van der Waals surface area contributed by atoms with Gasteiger partial charge in [-0.05, 0) is 31.2 Å². The molecule has 1 aromatic rings. The Balaban J connectivity index is 2.65. The van der Waals surface area contributed by atoms with Crippen molar-refractivity contribution in [2.45, 2.75) is 13.2 Å². The molecule has 20 heavy (non-hydrogen) atoms. The summed E-state index contributed by atoms with van der Waals surface area (Å²) < 4.78 is 11.0. The molecule has 0 bridgehead atoms. The minimum Gasteiger partial charge on any atom is -0.494 e. The van der Waals surface area contributed by atoms with Gasteiger partial charge in [-0.3, -0.25) is 4.90 Å². The van der Waals surface area contributed by atoms with Gasteiger partial charge in [-0.25, -0.2) is 0 Å². The molecule has 0 aliphatic carbocycles. The quantitative estimate of drug-likeness (QED) is 0.528. The van der Waals surface area contributed by atoms with Crippen molar-refractivity contribution < 1.29 is 24.8 Å². The van der Waals surface area contributed by atoms with Gasteiger partial charge >= 0.3 is 0 Å². The number of ether oxygens (including phenoxy) is 2. The third kappa shape index (κ3) is 5.34. The van der Waals surface area contributed by atoms with Crippen molar-refractivity contribution in [2.24, 2.45) is 0 Å². The van der Waals surface area contributed by atoms with Gasteiger partial charge in [0.1, 0.15) is 11.5 Å². The molecule has 0 radical (unpaired) electrons. The molecule has 0 aliphatic rings. The van der Waals surface area contributed by atoms with E-state index in [9.17, 15) is 5.11 Å². The van der Waals surface area contributed by atoms with E-state index in [0.717, 1.165) is 5.75 Å². The first kappa shape index (κ1) is 16.7. The van der Waals surface area contributed by atoms with Crippen LogP contribution >= 0.6 is 0 Å². The molecular formula is C14H23NO5. The van der Waals surface area contributed by atoms with Crippen LogP contribution in [0.4, 0.5) is 0 Å². The Morgan fingerprint density at radius 2 is 1.55 bits per heavy atom. The lowest BCUT2D eigenvalue weighted by Crippen LogP contribution is -2.45. The zero-order chi connectivity index (χ0) is 14.8. The lowest BCUT2D eigenvalue weighted by atomic mass is 10.3. The predicted octanol–water partition coefficient (Wildman–Crippen LogP) is 0.0691. The lowest BCUT2D eigenvalue weighted by molar-refractivity contribution is -0.0294. The van der Waals surface area contributed by atoms with Crippen LogP contribution in [0.25, 0.3) is 0 Å². The largest absolute Gasteiger partial charge is 0.494 e. The molecule has 114 valence electrons. The van der Waals surface area contributed by atoms with Gasteiger partial charge in [0.15, 0.2) is 6.23 Å². The van der Waals surface area contributed by atoms with Crippen molar-refractivity contribution >= 4 is 0 Å². The fraction of sp³-hybridized carbons (Fsp3) is 0.571. The summed E-state index contributed by atoms with van der Waals surface area (Å²) >= 11 is 0. The summed E-state index contributed by atoms with van der Waals surface area (Å²) in [5, 5.41) is 27.4. The van der Waals surface area contributed by atoms with Crippen molar-refractivity contribution in [1.29, 1.82) is 0 Å². The summed E-state index contributed by atoms with van der Waals surface area (Å²) in [6.07, 6.45) is -0.604. The first-order valence-corrected chi connectivity index (χ1v) is 6.71.